The lowest BCUT2D eigenvalue weighted by Gasteiger charge is -2.22. The molecular weight excluding hydrogens is 345 g/mol. The molecule has 1 N–H and O–H groups in total. The van der Waals surface area contributed by atoms with Crippen LogP contribution in [-0.4, -0.2) is 42.2 Å². The van der Waals surface area contributed by atoms with Gasteiger partial charge in [0.05, 0.1) is 10.2 Å². The Kier molecular flexibility index (Phi) is 4.45. The van der Waals surface area contributed by atoms with E-state index in [-0.39, 0.29) is 11.7 Å². The smallest absolute Gasteiger partial charge is 0.254 e. The predicted octanol–water partition coefficient (Wildman–Crippen LogP) is 2.25. The van der Waals surface area contributed by atoms with E-state index in [0.717, 1.165) is 16.4 Å². The van der Waals surface area contributed by atoms with E-state index in [0.29, 0.717) is 24.8 Å². The summed E-state index contributed by atoms with van der Waals surface area (Å²) in [6.45, 7) is 1.14. The van der Waals surface area contributed by atoms with Crippen molar-refractivity contribution in [2.75, 3.05) is 20.3 Å². The highest BCUT2D eigenvalue weighted by atomic mass is 127. The molecule has 0 bridgehead atoms. The number of rotatable bonds is 5. The minimum absolute atomic E-state index is 0.0266. The van der Waals surface area contributed by atoms with Gasteiger partial charge < -0.3 is 14.7 Å². The van der Waals surface area contributed by atoms with Crippen molar-refractivity contribution in [3.63, 3.8) is 0 Å². The van der Waals surface area contributed by atoms with Crippen molar-refractivity contribution in [3.8, 4) is 5.75 Å². The number of hydrogen-bond acceptors (Lipinski definition) is 3. The van der Waals surface area contributed by atoms with Crippen molar-refractivity contribution in [2.24, 2.45) is 0 Å². The van der Waals surface area contributed by atoms with Crippen LogP contribution in [0.4, 0.5) is 0 Å². The summed E-state index contributed by atoms with van der Waals surface area (Å²) >= 11 is 2.04. The number of benzene rings is 1. The van der Waals surface area contributed by atoms with Crippen LogP contribution >= 0.6 is 22.6 Å². The van der Waals surface area contributed by atoms with Gasteiger partial charge in [0, 0.05) is 25.3 Å². The average Bonchev–Trinajstić information content (AvgIpc) is 3.17. The van der Waals surface area contributed by atoms with Gasteiger partial charge in [0.15, 0.2) is 0 Å². The Bertz CT molecular complexity index is 446. The molecule has 1 aromatic rings. The van der Waals surface area contributed by atoms with E-state index in [9.17, 15) is 9.90 Å². The molecule has 1 amide bonds. The molecule has 0 aliphatic heterocycles. The first-order chi connectivity index (χ1) is 8.63. The van der Waals surface area contributed by atoms with E-state index in [4.69, 9.17) is 4.74 Å². The van der Waals surface area contributed by atoms with Gasteiger partial charge >= 0.3 is 0 Å². The fraction of sp³-hybridized carbons (Fsp3) is 0.462. The number of nitrogens with zero attached hydrogens (tertiary/aromatic N) is 1. The number of methoxy groups -OCH3 is 1. The molecule has 5 heteroatoms. The fourth-order valence-electron chi connectivity index (χ4n) is 1.84. The Morgan fingerprint density at radius 2 is 2.28 bits per heavy atom. The van der Waals surface area contributed by atoms with Crippen molar-refractivity contribution >= 4 is 28.5 Å². The van der Waals surface area contributed by atoms with Crippen molar-refractivity contribution in [3.05, 3.63) is 27.3 Å². The standard InChI is InChI=1S/C13H16INO3/c1-18-7-6-15(10-3-4-10)13(17)9-2-5-11(14)12(16)8-9/h2,5,8,10,16H,3-4,6-7H2,1H3. The Morgan fingerprint density at radius 3 is 2.83 bits per heavy atom. The van der Waals surface area contributed by atoms with Gasteiger partial charge in [-0.25, -0.2) is 0 Å². The van der Waals surface area contributed by atoms with Crippen LogP contribution in [0.5, 0.6) is 5.75 Å². The number of carbonyl (C=O) groups excluding carboxylic acids is 1. The molecular formula is C13H16INO3. The second-order valence-corrected chi connectivity index (χ2v) is 5.55. The molecule has 1 saturated carbocycles. The zero-order valence-corrected chi connectivity index (χ0v) is 12.4. The second kappa shape index (κ2) is 5.88. The molecule has 0 atom stereocenters. The van der Waals surface area contributed by atoms with Gasteiger partial charge in [-0.1, -0.05) is 0 Å². The summed E-state index contributed by atoms with van der Waals surface area (Å²) in [4.78, 5) is 14.2. The van der Waals surface area contributed by atoms with E-state index in [2.05, 4.69) is 0 Å². The summed E-state index contributed by atoms with van der Waals surface area (Å²) in [5, 5.41) is 9.66. The average molecular weight is 361 g/mol. The Hall–Kier alpha value is -0.820. The molecule has 0 unspecified atom stereocenters. The number of amides is 1. The summed E-state index contributed by atoms with van der Waals surface area (Å²) in [5.41, 5.74) is 0.538. The molecule has 0 aromatic heterocycles. The van der Waals surface area contributed by atoms with Crippen LogP contribution in [-0.2, 0) is 4.74 Å². The SMILES string of the molecule is COCCN(C(=O)c1ccc(I)c(O)c1)C1CC1. The quantitative estimate of drug-likeness (QED) is 0.819. The Morgan fingerprint density at radius 1 is 1.56 bits per heavy atom. The maximum Gasteiger partial charge on any atom is 0.254 e. The van der Waals surface area contributed by atoms with Gasteiger partial charge in [0.1, 0.15) is 5.75 Å². The first-order valence-corrected chi connectivity index (χ1v) is 6.99. The molecule has 0 radical (unpaired) electrons. The third kappa shape index (κ3) is 3.14. The zero-order chi connectivity index (χ0) is 13.1. The van der Waals surface area contributed by atoms with Gasteiger partial charge in [-0.3, -0.25) is 4.79 Å². The van der Waals surface area contributed by atoms with Gasteiger partial charge in [-0.2, -0.15) is 0 Å². The van der Waals surface area contributed by atoms with E-state index in [1.54, 1.807) is 19.2 Å². The summed E-state index contributed by atoms with van der Waals surface area (Å²) in [7, 11) is 1.63. The van der Waals surface area contributed by atoms with Gasteiger partial charge in [-0.05, 0) is 53.6 Å². The summed E-state index contributed by atoms with van der Waals surface area (Å²) in [5.74, 6) is 0.130. The minimum Gasteiger partial charge on any atom is -0.507 e. The largest absolute Gasteiger partial charge is 0.507 e. The van der Waals surface area contributed by atoms with Crippen LogP contribution < -0.4 is 0 Å². The maximum atomic E-state index is 12.4. The number of halogens is 1. The summed E-state index contributed by atoms with van der Waals surface area (Å²) in [6.07, 6.45) is 2.12. The van der Waals surface area contributed by atoms with E-state index in [1.807, 2.05) is 27.5 Å². The topological polar surface area (TPSA) is 49.8 Å². The molecule has 1 aliphatic carbocycles. The fourth-order valence-corrected chi connectivity index (χ4v) is 2.17. The van der Waals surface area contributed by atoms with Gasteiger partial charge in [0.25, 0.3) is 5.91 Å². The third-order valence-electron chi connectivity index (χ3n) is 2.98. The van der Waals surface area contributed by atoms with Crippen LogP contribution in [0.1, 0.15) is 23.2 Å². The predicted molar refractivity (Wildman–Crippen MR) is 76.8 cm³/mol. The molecule has 98 valence electrons. The lowest BCUT2D eigenvalue weighted by Crippen LogP contribution is -2.35. The van der Waals surface area contributed by atoms with E-state index < -0.39 is 0 Å². The first kappa shape index (κ1) is 13.6. The lowest BCUT2D eigenvalue weighted by molar-refractivity contribution is 0.0680. The minimum atomic E-state index is -0.0266. The highest BCUT2D eigenvalue weighted by Crippen LogP contribution is 2.29. The molecule has 0 spiro atoms. The third-order valence-corrected chi connectivity index (χ3v) is 3.89. The molecule has 1 aliphatic rings. The Labute approximate surface area is 120 Å². The second-order valence-electron chi connectivity index (χ2n) is 4.39. The lowest BCUT2D eigenvalue weighted by atomic mass is 10.2. The highest BCUT2D eigenvalue weighted by molar-refractivity contribution is 14.1. The van der Waals surface area contributed by atoms with Crippen molar-refractivity contribution in [1.29, 1.82) is 0 Å². The van der Waals surface area contributed by atoms with Crippen LogP contribution in [0.3, 0.4) is 0 Å². The van der Waals surface area contributed by atoms with E-state index in [1.165, 1.54) is 6.07 Å². The van der Waals surface area contributed by atoms with Gasteiger partial charge in [-0.15, -0.1) is 0 Å². The summed E-state index contributed by atoms with van der Waals surface area (Å²) < 4.78 is 5.78. The normalized spacial score (nSPS) is 14.6. The Balaban J connectivity index is 2.13. The number of carbonyl (C=O) groups is 1. The van der Waals surface area contributed by atoms with Gasteiger partial charge in [0.2, 0.25) is 0 Å². The first-order valence-electron chi connectivity index (χ1n) is 5.92. The summed E-state index contributed by atoms with van der Waals surface area (Å²) in [6, 6.07) is 5.39. The van der Waals surface area contributed by atoms with Crippen LogP contribution in [0.25, 0.3) is 0 Å². The van der Waals surface area contributed by atoms with Crippen LogP contribution in [0, 0.1) is 3.57 Å². The highest BCUT2D eigenvalue weighted by Gasteiger charge is 2.32. The number of phenols is 1. The van der Waals surface area contributed by atoms with Crippen LogP contribution in [0.2, 0.25) is 0 Å². The molecule has 2 rings (SSSR count). The number of ether oxygens (including phenoxy) is 1. The van der Waals surface area contributed by atoms with Crippen LogP contribution in [0.15, 0.2) is 18.2 Å². The molecule has 0 saturated heterocycles. The van der Waals surface area contributed by atoms with Crippen molar-refractivity contribution in [2.45, 2.75) is 18.9 Å². The number of phenolic OH excluding ortho intramolecular Hbond substituents is 1. The molecule has 1 fully saturated rings. The molecule has 0 heterocycles. The maximum absolute atomic E-state index is 12.4. The van der Waals surface area contributed by atoms with Crippen molar-refractivity contribution < 1.29 is 14.6 Å². The monoisotopic (exact) mass is 361 g/mol. The van der Waals surface area contributed by atoms with E-state index >= 15 is 0 Å². The molecule has 18 heavy (non-hydrogen) atoms. The molecule has 4 nitrogen and oxygen atoms in total. The number of hydrogen-bond donors (Lipinski definition) is 1. The zero-order valence-electron chi connectivity index (χ0n) is 10.2. The number of aromatic hydroxyl groups is 1. The van der Waals surface area contributed by atoms with Crippen molar-refractivity contribution in [1.82, 2.24) is 4.90 Å². The molecule has 1 aromatic carbocycles.